The van der Waals surface area contributed by atoms with Gasteiger partial charge in [0.1, 0.15) is 0 Å². The van der Waals surface area contributed by atoms with Crippen molar-refractivity contribution in [3.8, 4) is 22.9 Å². The van der Waals surface area contributed by atoms with Crippen LogP contribution in [0.25, 0.3) is 11.4 Å². The van der Waals surface area contributed by atoms with E-state index in [2.05, 4.69) is 15.2 Å². The largest absolute Gasteiger partial charge is 0.454 e. The number of fused-ring (bicyclic) bond motifs is 1. The lowest BCUT2D eigenvalue weighted by atomic mass is 10.2. The van der Waals surface area contributed by atoms with Crippen molar-refractivity contribution in [1.29, 1.82) is 0 Å². The zero-order valence-electron chi connectivity index (χ0n) is 12.5. The van der Waals surface area contributed by atoms with Crippen molar-refractivity contribution in [1.82, 2.24) is 19.7 Å². The van der Waals surface area contributed by atoms with Crippen molar-refractivity contribution in [3.05, 3.63) is 48.3 Å². The van der Waals surface area contributed by atoms with E-state index in [1.54, 1.807) is 24.2 Å². The molecule has 1 aliphatic rings. The summed E-state index contributed by atoms with van der Waals surface area (Å²) in [6, 6.07) is 9.85. The van der Waals surface area contributed by atoms with Crippen LogP contribution in [0.5, 0.6) is 11.5 Å². The Kier molecular flexibility index (Phi) is 3.63. The van der Waals surface area contributed by atoms with Gasteiger partial charge in [0.15, 0.2) is 22.5 Å². The van der Waals surface area contributed by atoms with E-state index in [1.807, 2.05) is 41.9 Å². The number of thioether (sulfide) groups is 1. The van der Waals surface area contributed by atoms with E-state index in [0.29, 0.717) is 6.79 Å². The van der Waals surface area contributed by atoms with Gasteiger partial charge in [0.25, 0.3) is 0 Å². The minimum absolute atomic E-state index is 0.296. The Morgan fingerprint density at radius 3 is 2.78 bits per heavy atom. The summed E-state index contributed by atoms with van der Waals surface area (Å²) in [6.45, 7) is 0.296. The number of pyridine rings is 1. The maximum Gasteiger partial charge on any atom is 0.231 e. The second-order valence-corrected chi connectivity index (χ2v) is 6.02. The Bertz CT molecular complexity index is 835. The van der Waals surface area contributed by atoms with Crippen LogP contribution in [0.4, 0.5) is 0 Å². The SMILES string of the molecule is Cn1c(SCc2ccc3c(c2)OCO3)nnc1-c1ccncc1. The van der Waals surface area contributed by atoms with E-state index in [1.165, 1.54) is 0 Å². The minimum atomic E-state index is 0.296. The number of aromatic nitrogens is 4. The quantitative estimate of drug-likeness (QED) is 0.687. The fourth-order valence-electron chi connectivity index (χ4n) is 2.37. The van der Waals surface area contributed by atoms with Crippen LogP contribution >= 0.6 is 11.8 Å². The second-order valence-electron chi connectivity index (χ2n) is 5.08. The van der Waals surface area contributed by atoms with E-state index in [9.17, 15) is 0 Å². The molecule has 7 heteroatoms. The van der Waals surface area contributed by atoms with Crippen molar-refractivity contribution in [3.63, 3.8) is 0 Å². The Morgan fingerprint density at radius 1 is 1.09 bits per heavy atom. The zero-order chi connectivity index (χ0) is 15.6. The summed E-state index contributed by atoms with van der Waals surface area (Å²) >= 11 is 1.64. The van der Waals surface area contributed by atoms with Gasteiger partial charge in [-0.25, -0.2) is 0 Å². The van der Waals surface area contributed by atoms with E-state index >= 15 is 0 Å². The highest BCUT2D eigenvalue weighted by Crippen LogP contribution is 2.34. The average Bonchev–Trinajstić information content (AvgIpc) is 3.20. The van der Waals surface area contributed by atoms with Crippen LogP contribution in [0.15, 0.2) is 47.9 Å². The van der Waals surface area contributed by atoms with E-state index in [-0.39, 0.29) is 0 Å². The molecule has 2 aromatic heterocycles. The fourth-order valence-corrected chi connectivity index (χ4v) is 3.23. The van der Waals surface area contributed by atoms with Gasteiger partial charge in [-0.3, -0.25) is 4.98 Å². The van der Waals surface area contributed by atoms with Crippen molar-refractivity contribution in [2.24, 2.45) is 7.05 Å². The van der Waals surface area contributed by atoms with Gasteiger partial charge >= 0.3 is 0 Å². The van der Waals surface area contributed by atoms with Crippen LogP contribution in [0.1, 0.15) is 5.56 Å². The molecule has 1 aliphatic heterocycles. The summed E-state index contributed by atoms with van der Waals surface area (Å²) in [5.74, 6) is 3.23. The standard InChI is InChI=1S/C16H14N4O2S/c1-20-15(12-4-6-17-7-5-12)18-19-16(20)23-9-11-2-3-13-14(8-11)22-10-21-13/h2-8H,9-10H2,1H3. The molecule has 0 N–H and O–H groups in total. The molecule has 23 heavy (non-hydrogen) atoms. The molecule has 0 unspecified atom stereocenters. The molecule has 0 amide bonds. The second kappa shape index (κ2) is 5.92. The first-order valence-electron chi connectivity index (χ1n) is 7.12. The number of hydrogen-bond donors (Lipinski definition) is 0. The van der Waals surface area contributed by atoms with Gasteiger partial charge in [-0.05, 0) is 29.8 Å². The topological polar surface area (TPSA) is 62.1 Å². The minimum Gasteiger partial charge on any atom is -0.454 e. The van der Waals surface area contributed by atoms with Crippen LogP contribution in [0, 0.1) is 0 Å². The Balaban J connectivity index is 1.51. The number of rotatable bonds is 4. The van der Waals surface area contributed by atoms with Crippen molar-refractivity contribution >= 4 is 11.8 Å². The molecule has 0 bridgehead atoms. The van der Waals surface area contributed by atoms with E-state index in [0.717, 1.165) is 39.4 Å². The van der Waals surface area contributed by atoms with Crippen molar-refractivity contribution in [2.75, 3.05) is 6.79 Å². The van der Waals surface area contributed by atoms with Gasteiger partial charge in [0, 0.05) is 30.8 Å². The van der Waals surface area contributed by atoms with E-state index < -0.39 is 0 Å². The molecule has 3 aromatic rings. The molecule has 116 valence electrons. The first kappa shape index (κ1) is 14.1. The van der Waals surface area contributed by atoms with Gasteiger partial charge in [-0.1, -0.05) is 17.8 Å². The lowest BCUT2D eigenvalue weighted by molar-refractivity contribution is 0.174. The zero-order valence-corrected chi connectivity index (χ0v) is 13.3. The van der Waals surface area contributed by atoms with Crippen LogP contribution in [-0.4, -0.2) is 26.5 Å². The van der Waals surface area contributed by atoms with Crippen LogP contribution in [-0.2, 0) is 12.8 Å². The number of nitrogens with zero attached hydrogens (tertiary/aromatic N) is 4. The highest BCUT2D eigenvalue weighted by Gasteiger charge is 2.15. The molecule has 0 radical (unpaired) electrons. The third-order valence-corrected chi connectivity index (χ3v) is 4.67. The van der Waals surface area contributed by atoms with E-state index in [4.69, 9.17) is 9.47 Å². The fraction of sp³-hybridized carbons (Fsp3) is 0.188. The average molecular weight is 326 g/mol. The summed E-state index contributed by atoms with van der Waals surface area (Å²) in [5, 5.41) is 9.42. The number of ether oxygens (including phenoxy) is 2. The molecule has 0 saturated carbocycles. The lowest BCUT2D eigenvalue weighted by Crippen LogP contribution is -1.95. The molecular weight excluding hydrogens is 312 g/mol. The molecule has 0 atom stereocenters. The molecule has 0 saturated heterocycles. The molecule has 1 aromatic carbocycles. The summed E-state index contributed by atoms with van der Waals surface area (Å²) in [4.78, 5) is 4.03. The van der Waals surface area contributed by atoms with Gasteiger partial charge in [-0.15, -0.1) is 10.2 Å². The molecule has 4 rings (SSSR count). The first-order valence-corrected chi connectivity index (χ1v) is 8.11. The van der Waals surface area contributed by atoms with Crippen molar-refractivity contribution < 1.29 is 9.47 Å². The number of benzene rings is 1. The highest BCUT2D eigenvalue weighted by atomic mass is 32.2. The van der Waals surface area contributed by atoms with Gasteiger partial charge < -0.3 is 14.0 Å². The molecular formula is C16H14N4O2S. The highest BCUT2D eigenvalue weighted by molar-refractivity contribution is 7.98. The van der Waals surface area contributed by atoms with Crippen LogP contribution in [0.2, 0.25) is 0 Å². The third kappa shape index (κ3) is 2.75. The van der Waals surface area contributed by atoms with Gasteiger partial charge in [-0.2, -0.15) is 0 Å². The molecule has 6 nitrogen and oxygen atoms in total. The molecule has 3 heterocycles. The smallest absolute Gasteiger partial charge is 0.231 e. The lowest BCUT2D eigenvalue weighted by Gasteiger charge is -2.04. The summed E-state index contributed by atoms with van der Waals surface area (Å²) < 4.78 is 12.7. The molecule has 0 aliphatic carbocycles. The van der Waals surface area contributed by atoms with Crippen molar-refractivity contribution in [2.45, 2.75) is 10.9 Å². The summed E-state index contributed by atoms with van der Waals surface area (Å²) in [5.41, 5.74) is 2.16. The molecule has 0 spiro atoms. The summed E-state index contributed by atoms with van der Waals surface area (Å²) in [6.07, 6.45) is 3.51. The van der Waals surface area contributed by atoms with Crippen LogP contribution in [0.3, 0.4) is 0 Å². The van der Waals surface area contributed by atoms with Gasteiger partial charge in [0.05, 0.1) is 0 Å². The molecule has 0 fully saturated rings. The maximum atomic E-state index is 5.41. The summed E-state index contributed by atoms with van der Waals surface area (Å²) in [7, 11) is 1.97. The first-order chi connectivity index (χ1) is 11.3. The Morgan fingerprint density at radius 2 is 1.91 bits per heavy atom. The van der Waals surface area contributed by atoms with Crippen LogP contribution < -0.4 is 9.47 Å². The predicted octanol–water partition coefficient (Wildman–Crippen LogP) is 2.90. The predicted molar refractivity (Wildman–Crippen MR) is 86.4 cm³/mol. The normalized spacial score (nSPS) is 12.6. The monoisotopic (exact) mass is 326 g/mol. The third-order valence-electron chi connectivity index (χ3n) is 3.58. The Labute approximate surface area is 137 Å². The number of hydrogen-bond acceptors (Lipinski definition) is 6. The maximum absolute atomic E-state index is 5.41. The Hall–Kier alpha value is -2.54. The van der Waals surface area contributed by atoms with Gasteiger partial charge in [0.2, 0.25) is 6.79 Å².